The van der Waals surface area contributed by atoms with Gasteiger partial charge in [0.2, 0.25) is 0 Å². The molecule has 8 nitrogen and oxygen atoms in total. The standard InChI is InChI=1S/C19H22FN7O/c20-16-12-21-3-2-15(16)18-23-10-13-11-24-27(19(13)25-18)14-1-4-22-17(9-14)26-5-7-28-8-6-26/h1,4,9-11,15-16,21H,2-3,5-8,12H2. The highest BCUT2D eigenvalue weighted by Crippen LogP contribution is 2.27. The molecule has 3 aromatic heterocycles. The molecule has 2 aliphatic heterocycles. The minimum atomic E-state index is -0.976. The Kier molecular flexibility index (Phi) is 4.61. The van der Waals surface area contributed by atoms with Gasteiger partial charge in [0.1, 0.15) is 17.8 Å². The Hall–Kier alpha value is -2.65. The predicted molar refractivity (Wildman–Crippen MR) is 103 cm³/mol. The lowest BCUT2D eigenvalue weighted by Crippen LogP contribution is -2.37. The number of fused-ring (bicyclic) bond motifs is 1. The summed E-state index contributed by atoms with van der Waals surface area (Å²) < 4.78 is 21.6. The first-order valence-corrected chi connectivity index (χ1v) is 9.64. The normalized spacial score (nSPS) is 23.2. The van der Waals surface area contributed by atoms with Gasteiger partial charge in [-0.3, -0.25) is 0 Å². The number of rotatable bonds is 3. The molecule has 0 radical (unpaired) electrons. The number of halogens is 1. The Morgan fingerprint density at radius 3 is 2.93 bits per heavy atom. The Balaban J connectivity index is 1.51. The zero-order chi connectivity index (χ0) is 18.9. The molecule has 0 amide bonds. The van der Waals surface area contributed by atoms with Gasteiger partial charge in [0.15, 0.2) is 5.65 Å². The van der Waals surface area contributed by atoms with E-state index in [4.69, 9.17) is 9.72 Å². The fourth-order valence-corrected chi connectivity index (χ4v) is 3.81. The van der Waals surface area contributed by atoms with Gasteiger partial charge in [-0.2, -0.15) is 5.10 Å². The maximum atomic E-state index is 14.4. The van der Waals surface area contributed by atoms with E-state index in [0.717, 1.165) is 36.5 Å². The summed E-state index contributed by atoms with van der Waals surface area (Å²) in [6.45, 7) is 4.16. The van der Waals surface area contributed by atoms with Crippen LogP contribution in [0.25, 0.3) is 16.7 Å². The van der Waals surface area contributed by atoms with Crippen LogP contribution < -0.4 is 10.2 Å². The van der Waals surface area contributed by atoms with Crippen molar-refractivity contribution < 1.29 is 9.13 Å². The number of aromatic nitrogens is 5. The largest absolute Gasteiger partial charge is 0.378 e. The van der Waals surface area contributed by atoms with Crippen molar-refractivity contribution in [3.63, 3.8) is 0 Å². The van der Waals surface area contributed by atoms with Crippen LogP contribution in [-0.2, 0) is 4.74 Å². The molecular formula is C19H22FN7O. The number of alkyl halides is 1. The summed E-state index contributed by atoms with van der Waals surface area (Å²) in [5.74, 6) is 1.15. The highest BCUT2D eigenvalue weighted by Gasteiger charge is 2.29. The third kappa shape index (κ3) is 3.20. The molecule has 5 rings (SSSR count). The summed E-state index contributed by atoms with van der Waals surface area (Å²) in [6, 6.07) is 3.91. The van der Waals surface area contributed by atoms with Crippen molar-refractivity contribution in [2.75, 3.05) is 44.3 Å². The fraction of sp³-hybridized carbons (Fsp3) is 0.474. The Bertz CT molecular complexity index is 972. The Labute approximate surface area is 161 Å². The minimum absolute atomic E-state index is 0.282. The van der Waals surface area contributed by atoms with E-state index in [2.05, 4.69) is 25.3 Å². The van der Waals surface area contributed by atoms with Gasteiger partial charge in [0, 0.05) is 38.1 Å². The number of pyridine rings is 1. The van der Waals surface area contributed by atoms with E-state index in [1.54, 1.807) is 23.3 Å². The second-order valence-electron chi connectivity index (χ2n) is 7.15. The van der Waals surface area contributed by atoms with Crippen LogP contribution in [0.4, 0.5) is 10.2 Å². The van der Waals surface area contributed by atoms with Crippen molar-refractivity contribution in [3.05, 3.63) is 36.5 Å². The van der Waals surface area contributed by atoms with Gasteiger partial charge in [-0.1, -0.05) is 0 Å². The first-order chi connectivity index (χ1) is 13.8. The van der Waals surface area contributed by atoms with E-state index in [0.29, 0.717) is 37.7 Å². The summed E-state index contributed by atoms with van der Waals surface area (Å²) >= 11 is 0. The van der Waals surface area contributed by atoms with Gasteiger partial charge in [0.05, 0.1) is 36.4 Å². The van der Waals surface area contributed by atoms with Crippen LogP contribution in [0.1, 0.15) is 18.2 Å². The Morgan fingerprint density at radius 1 is 1.18 bits per heavy atom. The number of hydrogen-bond donors (Lipinski definition) is 1. The molecular weight excluding hydrogens is 361 g/mol. The van der Waals surface area contributed by atoms with Gasteiger partial charge >= 0.3 is 0 Å². The average Bonchev–Trinajstić information content (AvgIpc) is 3.18. The van der Waals surface area contributed by atoms with Crippen molar-refractivity contribution in [3.8, 4) is 5.69 Å². The van der Waals surface area contributed by atoms with Crippen molar-refractivity contribution in [1.82, 2.24) is 30.0 Å². The maximum absolute atomic E-state index is 14.4. The van der Waals surface area contributed by atoms with E-state index in [1.165, 1.54) is 0 Å². The van der Waals surface area contributed by atoms with Gasteiger partial charge in [0.25, 0.3) is 0 Å². The van der Waals surface area contributed by atoms with Crippen LogP contribution in [0.3, 0.4) is 0 Å². The fourth-order valence-electron chi connectivity index (χ4n) is 3.81. The molecule has 146 valence electrons. The number of nitrogens with zero attached hydrogens (tertiary/aromatic N) is 6. The van der Waals surface area contributed by atoms with E-state index in [1.807, 2.05) is 12.1 Å². The molecule has 1 N–H and O–H groups in total. The van der Waals surface area contributed by atoms with E-state index >= 15 is 0 Å². The van der Waals surface area contributed by atoms with E-state index in [9.17, 15) is 4.39 Å². The lowest BCUT2D eigenvalue weighted by molar-refractivity contribution is 0.122. The third-order valence-electron chi connectivity index (χ3n) is 5.38. The topological polar surface area (TPSA) is 81.0 Å². The smallest absolute Gasteiger partial charge is 0.166 e. The van der Waals surface area contributed by atoms with Crippen molar-refractivity contribution in [2.45, 2.75) is 18.5 Å². The van der Waals surface area contributed by atoms with Crippen LogP contribution in [0, 0.1) is 0 Å². The predicted octanol–water partition coefficient (Wildman–Crippen LogP) is 1.46. The molecule has 2 saturated heterocycles. The molecule has 0 aromatic carbocycles. The highest BCUT2D eigenvalue weighted by atomic mass is 19.1. The number of anilines is 1. The summed E-state index contributed by atoms with van der Waals surface area (Å²) in [5, 5.41) is 8.40. The molecule has 0 saturated carbocycles. The van der Waals surface area contributed by atoms with Crippen LogP contribution in [-0.4, -0.2) is 70.3 Å². The van der Waals surface area contributed by atoms with Crippen LogP contribution >= 0.6 is 0 Å². The van der Waals surface area contributed by atoms with Gasteiger partial charge in [-0.15, -0.1) is 0 Å². The van der Waals surface area contributed by atoms with Crippen LogP contribution in [0.5, 0.6) is 0 Å². The average molecular weight is 383 g/mol. The molecule has 28 heavy (non-hydrogen) atoms. The number of ether oxygens (including phenoxy) is 1. The van der Waals surface area contributed by atoms with E-state index < -0.39 is 6.17 Å². The summed E-state index contributed by atoms with van der Waals surface area (Å²) in [7, 11) is 0. The number of nitrogens with one attached hydrogen (secondary N) is 1. The zero-order valence-corrected chi connectivity index (χ0v) is 15.5. The monoisotopic (exact) mass is 383 g/mol. The highest BCUT2D eigenvalue weighted by molar-refractivity contribution is 5.75. The first-order valence-electron chi connectivity index (χ1n) is 9.64. The molecule has 2 unspecified atom stereocenters. The molecule has 0 bridgehead atoms. The second-order valence-corrected chi connectivity index (χ2v) is 7.15. The molecule has 2 atom stereocenters. The van der Waals surface area contributed by atoms with E-state index in [-0.39, 0.29) is 5.92 Å². The van der Waals surface area contributed by atoms with Crippen LogP contribution in [0.15, 0.2) is 30.7 Å². The Morgan fingerprint density at radius 2 is 2.07 bits per heavy atom. The van der Waals surface area contributed by atoms with Gasteiger partial charge in [-0.05, 0) is 19.0 Å². The molecule has 0 spiro atoms. The molecule has 0 aliphatic carbocycles. The number of morpholine rings is 1. The summed E-state index contributed by atoms with van der Waals surface area (Å²) in [5.41, 5.74) is 1.56. The third-order valence-corrected chi connectivity index (χ3v) is 5.38. The number of piperidine rings is 1. The van der Waals surface area contributed by atoms with Crippen molar-refractivity contribution >= 4 is 16.9 Å². The molecule has 3 aromatic rings. The van der Waals surface area contributed by atoms with Crippen molar-refractivity contribution in [1.29, 1.82) is 0 Å². The summed E-state index contributed by atoms with van der Waals surface area (Å²) in [6.07, 6.45) is 4.97. The van der Waals surface area contributed by atoms with Gasteiger partial charge in [-0.25, -0.2) is 24.0 Å². The lowest BCUT2D eigenvalue weighted by Gasteiger charge is -2.28. The minimum Gasteiger partial charge on any atom is -0.378 e. The molecule has 9 heteroatoms. The first kappa shape index (κ1) is 17.4. The molecule has 2 fully saturated rings. The maximum Gasteiger partial charge on any atom is 0.166 e. The van der Waals surface area contributed by atoms with Crippen molar-refractivity contribution in [2.24, 2.45) is 0 Å². The SMILES string of the molecule is FC1CNCCC1c1ncc2cnn(-c3ccnc(N4CCOCC4)c3)c2n1. The molecule has 5 heterocycles. The lowest BCUT2D eigenvalue weighted by atomic mass is 9.95. The molecule has 2 aliphatic rings. The van der Waals surface area contributed by atoms with Gasteiger partial charge < -0.3 is 15.0 Å². The quantitative estimate of drug-likeness (QED) is 0.733. The summed E-state index contributed by atoms with van der Waals surface area (Å²) in [4.78, 5) is 15.8. The van der Waals surface area contributed by atoms with Crippen LogP contribution in [0.2, 0.25) is 0 Å². The second kappa shape index (κ2) is 7.40. The zero-order valence-electron chi connectivity index (χ0n) is 15.5. The number of hydrogen-bond acceptors (Lipinski definition) is 7.